The lowest BCUT2D eigenvalue weighted by Crippen LogP contribution is -2.54. The third-order valence-electron chi connectivity index (χ3n) is 4.43. The van der Waals surface area contributed by atoms with Gasteiger partial charge in [-0.3, -0.25) is 19.8 Å². The molecule has 1 aliphatic heterocycles. The molecule has 0 spiro atoms. The fourth-order valence-electron chi connectivity index (χ4n) is 2.83. The lowest BCUT2D eigenvalue weighted by molar-refractivity contribution is -0.144. The summed E-state index contributed by atoms with van der Waals surface area (Å²) in [5, 5.41) is 12.0. The minimum absolute atomic E-state index is 0.0623. The van der Waals surface area contributed by atoms with Crippen LogP contribution in [0.1, 0.15) is 12.5 Å². The monoisotopic (exact) mass is 494 g/mol. The maximum Gasteiger partial charge on any atom is 0.344 e. The van der Waals surface area contributed by atoms with Gasteiger partial charge in [0.1, 0.15) is 5.57 Å². The summed E-state index contributed by atoms with van der Waals surface area (Å²) < 4.78 is 10.8. The van der Waals surface area contributed by atoms with Crippen LogP contribution in [0, 0.1) is 0 Å². The van der Waals surface area contributed by atoms with Gasteiger partial charge in [-0.2, -0.15) is 0 Å². The number of ether oxygens (including phenoxy) is 2. The number of methoxy groups -OCH3 is 1. The Morgan fingerprint density at radius 2 is 1.94 bits per heavy atom. The van der Waals surface area contributed by atoms with Crippen molar-refractivity contribution in [2.45, 2.75) is 13.0 Å². The summed E-state index contributed by atoms with van der Waals surface area (Å²) in [6.07, 6.45) is 0.0655. The first kappa shape index (κ1) is 23.5. The summed E-state index contributed by atoms with van der Waals surface area (Å²) in [7, 11) is 1.38. The van der Waals surface area contributed by atoms with Crippen LogP contribution in [0.15, 0.2) is 42.0 Å². The van der Waals surface area contributed by atoms with Crippen LogP contribution >= 0.6 is 35.4 Å². The van der Waals surface area contributed by atoms with Crippen molar-refractivity contribution in [1.29, 1.82) is 0 Å². The van der Waals surface area contributed by atoms with E-state index in [1.165, 1.54) is 38.3 Å². The van der Waals surface area contributed by atoms with Gasteiger partial charge >= 0.3 is 5.97 Å². The molecule has 11 heteroatoms. The van der Waals surface area contributed by atoms with Gasteiger partial charge in [-0.1, -0.05) is 35.3 Å². The molecule has 0 aliphatic carbocycles. The van der Waals surface area contributed by atoms with Crippen molar-refractivity contribution in [1.82, 2.24) is 5.32 Å². The van der Waals surface area contributed by atoms with Crippen LogP contribution in [-0.4, -0.2) is 41.2 Å². The van der Waals surface area contributed by atoms with E-state index in [4.69, 9.17) is 44.9 Å². The van der Waals surface area contributed by atoms with E-state index in [9.17, 15) is 19.5 Å². The van der Waals surface area contributed by atoms with E-state index in [2.05, 4.69) is 5.32 Å². The molecule has 32 heavy (non-hydrogen) atoms. The van der Waals surface area contributed by atoms with Crippen molar-refractivity contribution in [3.63, 3.8) is 0 Å². The second-order valence-corrected chi connectivity index (χ2v) is 7.73. The van der Waals surface area contributed by atoms with E-state index in [0.717, 1.165) is 4.90 Å². The predicted octanol–water partition coefficient (Wildman–Crippen LogP) is 3.69. The van der Waals surface area contributed by atoms with Gasteiger partial charge in [-0.05, 0) is 49.5 Å². The Morgan fingerprint density at radius 1 is 1.22 bits per heavy atom. The van der Waals surface area contributed by atoms with Crippen molar-refractivity contribution >= 4 is 70.1 Å². The smallest absolute Gasteiger partial charge is 0.344 e. The molecule has 2 N–H and O–H groups in total. The number of nitrogens with zero attached hydrogens (tertiary/aromatic N) is 1. The number of hydrogen-bond donors (Lipinski definition) is 2. The molecular weight excluding hydrogens is 479 g/mol. The van der Waals surface area contributed by atoms with E-state index >= 15 is 0 Å². The molecular formula is C21H16Cl2N2O6S. The van der Waals surface area contributed by atoms with Crippen molar-refractivity contribution in [2.24, 2.45) is 0 Å². The fraction of sp³-hybridized carbons (Fsp3) is 0.143. The summed E-state index contributed by atoms with van der Waals surface area (Å²) >= 11 is 17.2. The molecule has 166 valence electrons. The first-order chi connectivity index (χ1) is 15.1. The summed E-state index contributed by atoms with van der Waals surface area (Å²) in [5.74, 6) is -2.34. The van der Waals surface area contributed by atoms with E-state index in [1.807, 2.05) is 0 Å². The van der Waals surface area contributed by atoms with Gasteiger partial charge in [0.2, 0.25) is 0 Å². The quantitative estimate of drug-likeness (QED) is 0.358. The second kappa shape index (κ2) is 9.56. The van der Waals surface area contributed by atoms with Gasteiger partial charge in [-0.25, -0.2) is 4.79 Å². The topological polar surface area (TPSA) is 105 Å². The van der Waals surface area contributed by atoms with Gasteiger partial charge in [0.25, 0.3) is 11.8 Å². The summed E-state index contributed by atoms with van der Waals surface area (Å²) in [5.41, 5.74) is 0.311. The maximum absolute atomic E-state index is 13.2. The maximum atomic E-state index is 13.2. The molecule has 1 saturated heterocycles. The number of carboxylic acid groups (broad SMARTS) is 1. The first-order valence-electron chi connectivity index (χ1n) is 9.07. The predicted molar refractivity (Wildman–Crippen MR) is 123 cm³/mol. The Morgan fingerprint density at radius 3 is 2.56 bits per heavy atom. The van der Waals surface area contributed by atoms with Gasteiger partial charge in [0, 0.05) is 5.56 Å². The molecule has 2 amide bonds. The number of carbonyl (C=O) groups is 3. The van der Waals surface area contributed by atoms with Gasteiger partial charge in [-0.15, -0.1) is 0 Å². The van der Waals surface area contributed by atoms with Crippen LogP contribution in [0.25, 0.3) is 6.08 Å². The average molecular weight is 495 g/mol. The van der Waals surface area contributed by atoms with Crippen molar-refractivity contribution < 1.29 is 29.0 Å². The number of rotatable bonds is 6. The lowest BCUT2D eigenvalue weighted by Gasteiger charge is -2.29. The zero-order valence-electron chi connectivity index (χ0n) is 16.7. The molecule has 0 bridgehead atoms. The average Bonchev–Trinajstić information content (AvgIpc) is 2.74. The Kier molecular flexibility index (Phi) is 7.02. The van der Waals surface area contributed by atoms with Crippen LogP contribution in [0.5, 0.6) is 11.5 Å². The molecule has 1 atom stereocenters. The highest BCUT2D eigenvalue weighted by molar-refractivity contribution is 7.80. The standard InChI is InChI=1S/C21H16Cl2N2O6S/c1-10(20(28)29)31-17-11(4-3-5-16(17)30-2)8-13-18(26)24-21(32)25(19(13)27)12-6-7-14(22)15(23)9-12/h3-10H,1-2H3,(H,28,29)(H,24,26,32)/b13-8+/t10-/m0/s1. The van der Waals surface area contributed by atoms with E-state index in [0.29, 0.717) is 5.69 Å². The van der Waals surface area contributed by atoms with Crippen molar-refractivity contribution in [3.05, 3.63) is 57.6 Å². The zero-order chi connectivity index (χ0) is 23.6. The van der Waals surface area contributed by atoms with Crippen LogP contribution < -0.4 is 19.7 Å². The van der Waals surface area contributed by atoms with Crippen LogP contribution in [0.4, 0.5) is 5.69 Å². The highest BCUT2D eigenvalue weighted by Crippen LogP contribution is 2.35. The first-order valence-corrected chi connectivity index (χ1v) is 10.2. The number of nitrogens with one attached hydrogen (secondary N) is 1. The Labute approximate surface area is 198 Å². The Hall–Kier alpha value is -3.14. The van der Waals surface area contributed by atoms with Gasteiger partial charge < -0.3 is 14.6 Å². The molecule has 0 unspecified atom stereocenters. The fourth-order valence-corrected chi connectivity index (χ4v) is 3.41. The SMILES string of the molecule is COc1cccc(/C=C2\C(=O)NC(=S)N(c3ccc(Cl)c(Cl)c3)C2=O)c1O[C@@H](C)C(=O)O. The Balaban J connectivity index is 2.08. The highest BCUT2D eigenvalue weighted by atomic mass is 35.5. The molecule has 3 rings (SSSR count). The third kappa shape index (κ3) is 4.69. The number of benzene rings is 2. The van der Waals surface area contributed by atoms with E-state index < -0.39 is 23.9 Å². The molecule has 0 radical (unpaired) electrons. The number of para-hydroxylation sites is 1. The van der Waals surface area contributed by atoms with Crippen LogP contribution in [0.3, 0.4) is 0 Å². The Bertz CT molecular complexity index is 1170. The van der Waals surface area contributed by atoms with Crippen molar-refractivity contribution in [2.75, 3.05) is 12.0 Å². The summed E-state index contributed by atoms with van der Waals surface area (Å²) in [4.78, 5) is 38.2. The largest absolute Gasteiger partial charge is 0.493 e. The van der Waals surface area contributed by atoms with Gasteiger partial charge in [0.05, 0.1) is 22.8 Å². The number of thiocarbonyl (C=S) groups is 1. The summed E-state index contributed by atoms with van der Waals surface area (Å²) in [6.45, 7) is 1.34. The number of anilines is 1. The molecule has 1 heterocycles. The normalized spacial score (nSPS) is 16.1. The number of aliphatic carboxylic acids is 1. The molecule has 1 fully saturated rings. The highest BCUT2D eigenvalue weighted by Gasteiger charge is 2.35. The van der Waals surface area contributed by atoms with E-state index in [-0.39, 0.29) is 37.8 Å². The minimum atomic E-state index is -1.21. The number of halogens is 2. The lowest BCUT2D eigenvalue weighted by atomic mass is 10.1. The van der Waals surface area contributed by atoms with Gasteiger partial charge in [0.15, 0.2) is 22.7 Å². The minimum Gasteiger partial charge on any atom is -0.493 e. The number of amides is 2. The molecule has 1 aliphatic rings. The van der Waals surface area contributed by atoms with Crippen LogP contribution in [-0.2, 0) is 14.4 Å². The molecule has 2 aromatic carbocycles. The van der Waals surface area contributed by atoms with E-state index in [1.54, 1.807) is 18.2 Å². The number of carbonyl (C=O) groups excluding carboxylic acids is 2. The molecule has 0 saturated carbocycles. The third-order valence-corrected chi connectivity index (χ3v) is 5.46. The molecule has 2 aromatic rings. The zero-order valence-corrected chi connectivity index (χ0v) is 19.0. The van der Waals surface area contributed by atoms with Crippen molar-refractivity contribution in [3.8, 4) is 11.5 Å². The summed E-state index contributed by atoms with van der Waals surface area (Å²) in [6, 6.07) is 9.19. The molecule has 8 nitrogen and oxygen atoms in total. The second-order valence-electron chi connectivity index (χ2n) is 6.53. The number of carboxylic acids is 1. The molecule has 0 aromatic heterocycles. The van der Waals surface area contributed by atoms with Crippen LogP contribution in [0.2, 0.25) is 10.0 Å². The number of hydrogen-bond acceptors (Lipinski definition) is 6.